The van der Waals surface area contributed by atoms with Crippen LogP contribution in [0.2, 0.25) is 0 Å². The number of carboxylic acid groups (broad SMARTS) is 1. The van der Waals surface area contributed by atoms with Crippen molar-refractivity contribution < 1.29 is 19.4 Å². The Morgan fingerprint density at radius 3 is 1.79 bits per heavy atom. The highest BCUT2D eigenvalue weighted by Gasteiger charge is 2.13. The molecule has 0 aromatic rings. The van der Waals surface area contributed by atoms with Crippen molar-refractivity contribution in [1.82, 2.24) is 0 Å². The zero-order chi connectivity index (χ0) is 15.7. The monoisotopic (exact) mass is 270 g/mol. The van der Waals surface area contributed by atoms with Crippen LogP contribution in [0.4, 0.5) is 0 Å². The molecule has 0 aromatic carbocycles. The molecule has 0 bridgehead atoms. The zero-order valence-corrected chi connectivity index (χ0v) is 12.8. The van der Waals surface area contributed by atoms with E-state index in [0.29, 0.717) is 5.41 Å². The summed E-state index contributed by atoms with van der Waals surface area (Å²) in [4.78, 5) is 20.8. The molecule has 0 fully saturated rings. The summed E-state index contributed by atoms with van der Waals surface area (Å²) in [6, 6.07) is 0. The number of esters is 1. The standard InChI is InChI=1S/C8H12O4.C7H14/c1-8(2,3)12-7(11)5-4-6(9)10;1-5-6-7(2,3)4/h4-5H,1-3H3,(H,9,10);5H,1,6H2,2-4H3. The summed E-state index contributed by atoms with van der Waals surface area (Å²) in [5.41, 5.74) is -0.151. The van der Waals surface area contributed by atoms with Crippen molar-refractivity contribution in [2.24, 2.45) is 5.41 Å². The third-order valence-corrected chi connectivity index (χ3v) is 1.53. The Bertz CT molecular complexity index is 327. The van der Waals surface area contributed by atoms with Crippen LogP contribution < -0.4 is 0 Å². The molecule has 0 unspecified atom stereocenters. The number of hydrogen-bond acceptors (Lipinski definition) is 3. The minimum absolute atomic E-state index is 0.432. The van der Waals surface area contributed by atoms with Crippen LogP contribution in [0.1, 0.15) is 48.0 Å². The van der Waals surface area contributed by atoms with Gasteiger partial charge in [-0.3, -0.25) is 0 Å². The lowest BCUT2D eigenvalue weighted by Crippen LogP contribution is -2.22. The van der Waals surface area contributed by atoms with E-state index in [1.54, 1.807) is 20.8 Å². The molecule has 110 valence electrons. The highest BCUT2D eigenvalue weighted by molar-refractivity contribution is 5.90. The lowest BCUT2D eigenvalue weighted by molar-refractivity contribution is -0.148. The molecule has 0 aliphatic heterocycles. The van der Waals surface area contributed by atoms with Gasteiger partial charge in [0.05, 0.1) is 0 Å². The molecule has 0 radical (unpaired) electrons. The van der Waals surface area contributed by atoms with Crippen LogP contribution >= 0.6 is 0 Å². The number of aliphatic carboxylic acids is 1. The molecule has 0 amide bonds. The summed E-state index contributed by atoms with van der Waals surface area (Å²) in [6.45, 7) is 15.4. The zero-order valence-electron chi connectivity index (χ0n) is 12.8. The fraction of sp³-hybridized carbons (Fsp3) is 0.600. The fourth-order valence-electron chi connectivity index (χ4n) is 0.908. The third kappa shape index (κ3) is 22.1. The van der Waals surface area contributed by atoms with Gasteiger partial charge in [0.15, 0.2) is 0 Å². The summed E-state index contributed by atoms with van der Waals surface area (Å²) >= 11 is 0. The predicted octanol–water partition coefficient (Wildman–Crippen LogP) is 3.58. The SMILES string of the molecule is C=CCC(C)(C)C.CC(C)(C)OC(=O)C=CC(=O)O. The van der Waals surface area contributed by atoms with Crippen molar-refractivity contribution in [3.05, 3.63) is 24.8 Å². The molecule has 0 aromatic heterocycles. The van der Waals surface area contributed by atoms with E-state index in [2.05, 4.69) is 27.4 Å². The van der Waals surface area contributed by atoms with E-state index in [1.165, 1.54) is 0 Å². The largest absolute Gasteiger partial charge is 0.478 e. The third-order valence-electron chi connectivity index (χ3n) is 1.53. The Kier molecular flexibility index (Phi) is 8.85. The molecule has 0 atom stereocenters. The van der Waals surface area contributed by atoms with Gasteiger partial charge >= 0.3 is 11.9 Å². The van der Waals surface area contributed by atoms with E-state index >= 15 is 0 Å². The van der Waals surface area contributed by atoms with Crippen molar-refractivity contribution in [3.63, 3.8) is 0 Å². The number of allylic oxidation sites excluding steroid dienone is 1. The maximum Gasteiger partial charge on any atom is 0.331 e. The predicted molar refractivity (Wildman–Crippen MR) is 76.9 cm³/mol. The van der Waals surface area contributed by atoms with Gasteiger partial charge in [0.25, 0.3) is 0 Å². The van der Waals surface area contributed by atoms with E-state index < -0.39 is 17.5 Å². The highest BCUT2D eigenvalue weighted by atomic mass is 16.6. The first-order valence-electron chi connectivity index (χ1n) is 6.12. The maximum absolute atomic E-state index is 10.8. The van der Waals surface area contributed by atoms with Gasteiger partial charge in [-0.1, -0.05) is 26.8 Å². The second kappa shape index (κ2) is 8.51. The molecule has 0 saturated carbocycles. The first kappa shape index (κ1) is 19.8. The minimum Gasteiger partial charge on any atom is -0.478 e. The Morgan fingerprint density at radius 1 is 1.11 bits per heavy atom. The smallest absolute Gasteiger partial charge is 0.331 e. The summed E-state index contributed by atoms with van der Waals surface area (Å²) in [5.74, 6) is -1.81. The number of carboxylic acids is 1. The maximum atomic E-state index is 10.8. The molecular weight excluding hydrogens is 244 g/mol. The summed E-state index contributed by atoms with van der Waals surface area (Å²) in [6.07, 6.45) is 4.69. The molecule has 0 rings (SSSR count). The average molecular weight is 270 g/mol. The number of carbonyl (C=O) groups excluding carboxylic acids is 1. The summed E-state index contributed by atoms with van der Waals surface area (Å²) < 4.78 is 4.80. The number of rotatable bonds is 3. The van der Waals surface area contributed by atoms with Crippen LogP contribution in [0, 0.1) is 5.41 Å². The van der Waals surface area contributed by atoms with Crippen LogP contribution in [0.15, 0.2) is 24.8 Å². The van der Waals surface area contributed by atoms with Gasteiger partial charge in [0, 0.05) is 12.2 Å². The highest BCUT2D eigenvalue weighted by Crippen LogP contribution is 2.17. The van der Waals surface area contributed by atoms with Crippen molar-refractivity contribution >= 4 is 11.9 Å². The lowest BCUT2D eigenvalue weighted by atomic mass is 9.93. The molecule has 4 nitrogen and oxygen atoms in total. The molecule has 0 saturated heterocycles. The van der Waals surface area contributed by atoms with Gasteiger partial charge in [-0.2, -0.15) is 0 Å². The van der Waals surface area contributed by atoms with Gasteiger partial charge in [-0.05, 0) is 32.6 Å². The summed E-state index contributed by atoms with van der Waals surface area (Å²) in [5, 5.41) is 8.17. The average Bonchev–Trinajstić information content (AvgIpc) is 2.11. The van der Waals surface area contributed by atoms with E-state index in [9.17, 15) is 9.59 Å². The normalized spacial score (nSPS) is 11.5. The lowest BCUT2D eigenvalue weighted by Gasteiger charge is -2.17. The second-order valence-electron chi connectivity index (χ2n) is 6.26. The molecule has 0 aliphatic rings. The van der Waals surface area contributed by atoms with E-state index in [-0.39, 0.29) is 0 Å². The Balaban J connectivity index is 0. The van der Waals surface area contributed by atoms with Crippen LogP contribution in [0.5, 0.6) is 0 Å². The van der Waals surface area contributed by atoms with E-state index in [0.717, 1.165) is 18.6 Å². The summed E-state index contributed by atoms with van der Waals surface area (Å²) in [7, 11) is 0. The number of ether oxygens (including phenoxy) is 1. The van der Waals surface area contributed by atoms with Crippen LogP contribution in [-0.4, -0.2) is 22.6 Å². The Morgan fingerprint density at radius 2 is 1.58 bits per heavy atom. The number of carbonyl (C=O) groups is 2. The molecule has 0 heterocycles. The first-order valence-corrected chi connectivity index (χ1v) is 6.12. The van der Waals surface area contributed by atoms with Crippen molar-refractivity contribution in [2.75, 3.05) is 0 Å². The van der Waals surface area contributed by atoms with Crippen molar-refractivity contribution in [3.8, 4) is 0 Å². The molecular formula is C15H26O4. The topological polar surface area (TPSA) is 63.6 Å². The van der Waals surface area contributed by atoms with Gasteiger partial charge in [0.1, 0.15) is 5.60 Å². The van der Waals surface area contributed by atoms with Gasteiger partial charge < -0.3 is 9.84 Å². The molecule has 1 N–H and O–H groups in total. The molecule has 4 heteroatoms. The van der Waals surface area contributed by atoms with Gasteiger partial charge in [-0.25, -0.2) is 9.59 Å². The van der Waals surface area contributed by atoms with Gasteiger partial charge in [-0.15, -0.1) is 6.58 Å². The molecule has 19 heavy (non-hydrogen) atoms. The quantitative estimate of drug-likeness (QED) is 0.483. The van der Waals surface area contributed by atoms with Crippen LogP contribution in [-0.2, 0) is 14.3 Å². The minimum atomic E-state index is -1.17. The second-order valence-corrected chi connectivity index (χ2v) is 6.26. The Hall–Kier alpha value is -1.58. The van der Waals surface area contributed by atoms with Crippen LogP contribution in [0.3, 0.4) is 0 Å². The molecule has 0 spiro atoms. The Labute approximate surface area is 116 Å². The van der Waals surface area contributed by atoms with Crippen molar-refractivity contribution in [1.29, 1.82) is 0 Å². The fourth-order valence-corrected chi connectivity index (χ4v) is 0.908. The van der Waals surface area contributed by atoms with E-state index in [4.69, 9.17) is 9.84 Å². The molecule has 0 aliphatic carbocycles. The first-order chi connectivity index (χ1) is 8.37. The van der Waals surface area contributed by atoms with E-state index in [1.807, 2.05) is 6.08 Å². The van der Waals surface area contributed by atoms with Crippen LogP contribution in [0.25, 0.3) is 0 Å². The van der Waals surface area contributed by atoms with Crippen molar-refractivity contribution in [2.45, 2.75) is 53.6 Å². The number of hydrogen-bond donors (Lipinski definition) is 1. The van der Waals surface area contributed by atoms with Gasteiger partial charge in [0.2, 0.25) is 0 Å².